The van der Waals surface area contributed by atoms with Crippen LogP contribution in [0.1, 0.15) is 46.0 Å². The van der Waals surface area contributed by atoms with Crippen molar-refractivity contribution in [2.75, 3.05) is 14.1 Å². The van der Waals surface area contributed by atoms with Crippen LogP contribution in [0.2, 0.25) is 0 Å². The number of rotatable bonds is 6. The summed E-state index contributed by atoms with van der Waals surface area (Å²) in [4.78, 5) is 67.9. The molecule has 0 spiro atoms. The molecule has 42 heavy (non-hydrogen) atoms. The van der Waals surface area contributed by atoms with Crippen molar-refractivity contribution in [2.45, 2.75) is 44.2 Å². The van der Waals surface area contributed by atoms with Crippen molar-refractivity contribution in [2.24, 2.45) is 29.4 Å². The van der Waals surface area contributed by atoms with Crippen LogP contribution in [0, 0.1) is 23.7 Å². The highest BCUT2D eigenvalue weighted by Gasteiger charge is 2.69. The molecule has 10 nitrogen and oxygen atoms in total. The molecule has 0 bridgehead atoms. The van der Waals surface area contributed by atoms with Gasteiger partial charge in [0, 0.05) is 5.92 Å². The highest BCUT2D eigenvalue weighted by Crippen LogP contribution is 2.51. The molecule has 5 N–H and O–H groups in total. The molecular weight excluding hydrogens is 540 g/mol. The minimum absolute atomic E-state index is 0.0135. The van der Waals surface area contributed by atoms with Gasteiger partial charge < -0.3 is 21.1 Å². The van der Waals surface area contributed by atoms with Gasteiger partial charge in [0.25, 0.3) is 0 Å². The Balaban J connectivity index is 1.53. The lowest BCUT2D eigenvalue weighted by atomic mass is 9.52. The number of Topliss-reactive ketones (excluding diaryl/α,β-unsaturated/α-hetero) is 4. The number of phenols is 2. The maximum atomic E-state index is 13.9. The second kappa shape index (κ2) is 10.6. The van der Waals surface area contributed by atoms with E-state index in [1.165, 1.54) is 11.0 Å². The van der Waals surface area contributed by atoms with Crippen LogP contribution in [-0.2, 0) is 38.4 Å². The Bertz CT molecular complexity index is 1560. The number of fused-ring (bicyclic) bond motifs is 3. The number of nitrogens with two attached hydrogens (primary N) is 1. The van der Waals surface area contributed by atoms with Crippen molar-refractivity contribution in [3.63, 3.8) is 0 Å². The molecule has 0 aliphatic heterocycles. The zero-order chi connectivity index (χ0) is 30.7. The van der Waals surface area contributed by atoms with E-state index in [0.717, 1.165) is 11.1 Å². The molecule has 220 valence electrons. The van der Waals surface area contributed by atoms with E-state index in [4.69, 9.17) is 5.73 Å². The summed E-state index contributed by atoms with van der Waals surface area (Å²) in [7, 11) is 3.09. The van der Waals surface area contributed by atoms with Crippen LogP contribution in [0.4, 0.5) is 0 Å². The maximum Gasteiger partial charge on any atom is 0.235 e. The van der Waals surface area contributed by atoms with E-state index in [2.05, 4.69) is 0 Å². The molecule has 0 aromatic heterocycles. The van der Waals surface area contributed by atoms with Crippen molar-refractivity contribution in [1.82, 2.24) is 4.90 Å². The number of aromatic hydroxyl groups is 2. The van der Waals surface area contributed by atoms with E-state index < -0.39 is 64.4 Å². The number of para-hydroxylation sites is 1. The highest BCUT2D eigenvalue weighted by atomic mass is 16.3. The van der Waals surface area contributed by atoms with E-state index in [0.29, 0.717) is 24.0 Å². The number of allylic oxidation sites excluding steroid dienone is 1. The second-order valence-corrected chi connectivity index (χ2v) is 11.7. The molecule has 0 saturated heterocycles. The third-order valence-electron chi connectivity index (χ3n) is 9.20. The van der Waals surface area contributed by atoms with Crippen molar-refractivity contribution in [3.05, 3.63) is 64.2 Å². The van der Waals surface area contributed by atoms with E-state index >= 15 is 0 Å². The van der Waals surface area contributed by atoms with Gasteiger partial charge in [-0.2, -0.15) is 0 Å². The Kier molecular flexibility index (Phi) is 7.40. The molecule has 5 rings (SSSR count). The summed E-state index contributed by atoms with van der Waals surface area (Å²) >= 11 is 0. The van der Waals surface area contributed by atoms with Gasteiger partial charge in [-0.05, 0) is 74.0 Å². The molecule has 2 saturated carbocycles. The molecule has 6 atom stereocenters. The van der Waals surface area contributed by atoms with Gasteiger partial charge in [0.1, 0.15) is 11.5 Å². The predicted molar refractivity (Wildman–Crippen MR) is 152 cm³/mol. The minimum atomic E-state index is -2.75. The molecule has 3 aliphatic rings. The third-order valence-corrected chi connectivity index (χ3v) is 9.20. The summed E-state index contributed by atoms with van der Waals surface area (Å²) in [5, 5.41) is 32.9. The quantitative estimate of drug-likeness (QED) is 0.372. The number of carbonyl (C=O) groups excluding carboxylic acids is 5. The summed E-state index contributed by atoms with van der Waals surface area (Å²) in [6.07, 6.45) is 4.89. The zero-order valence-corrected chi connectivity index (χ0v) is 23.7. The largest absolute Gasteiger partial charge is 0.507 e. The highest BCUT2D eigenvalue weighted by molar-refractivity contribution is 6.32. The van der Waals surface area contributed by atoms with Crippen LogP contribution in [0.15, 0.2) is 36.4 Å². The number of hydrogen-bond donors (Lipinski definition) is 4. The molecule has 1 amide bonds. The van der Waals surface area contributed by atoms with Crippen molar-refractivity contribution >= 4 is 35.1 Å². The minimum Gasteiger partial charge on any atom is -0.507 e. The van der Waals surface area contributed by atoms with Gasteiger partial charge in [-0.3, -0.25) is 28.9 Å². The number of aliphatic hydroxyl groups is 1. The first-order valence-electron chi connectivity index (χ1n) is 14.0. The van der Waals surface area contributed by atoms with Gasteiger partial charge in [-0.1, -0.05) is 43.3 Å². The molecule has 3 aliphatic carbocycles. The summed E-state index contributed by atoms with van der Waals surface area (Å²) in [5.74, 6) is -10.5. The number of amides is 1. The first-order valence-corrected chi connectivity index (χ1v) is 14.0. The number of likely N-dealkylation sites (N-methyl/N-ethyl adjacent to an activating group) is 1. The van der Waals surface area contributed by atoms with Gasteiger partial charge >= 0.3 is 0 Å². The number of phenolic OH excluding ortho intramolecular Hbond substituents is 2. The molecule has 0 radical (unpaired) electrons. The summed E-state index contributed by atoms with van der Waals surface area (Å²) < 4.78 is 0. The standard InChI is InChI=1S/C32H34N2O8/c1-4-15-7-5-9-17(26(15)36)10-6-8-16-11-12-21(35)23-19(16)13-18-14-20-25(34(2)3)28(38)24(31(33)41)30(40)32(20,42)29(39)22(18)27(23)37/h5-9,11-12,18,20,22,24-25,35-36,42H,4,10,13-14H2,1-3H3,(H2,33,41)/b8-6-/t18-,20-,22?,24?,25-,32-/m1/s1. The zero-order valence-electron chi connectivity index (χ0n) is 23.7. The average Bonchev–Trinajstić information content (AvgIpc) is 2.92. The number of aryl methyl sites for hydroxylation is 1. The molecule has 2 unspecified atom stereocenters. The summed E-state index contributed by atoms with van der Waals surface area (Å²) in [6, 6.07) is 7.42. The Morgan fingerprint density at radius 1 is 1.07 bits per heavy atom. The number of primary amides is 1. The Morgan fingerprint density at radius 2 is 1.76 bits per heavy atom. The van der Waals surface area contributed by atoms with Crippen LogP contribution in [0.3, 0.4) is 0 Å². The fourth-order valence-electron chi connectivity index (χ4n) is 7.19. The van der Waals surface area contributed by atoms with Gasteiger partial charge in [0.15, 0.2) is 34.7 Å². The Hall–Kier alpha value is -4.15. The van der Waals surface area contributed by atoms with E-state index in [1.807, 2.05) is 31.2 Å². The first-order chi connectivity index (χ1) is 19.8. The van der Waals surface area contributed by atoms with Gasteiger partial charge in [0.05, 0.1) is 17.5 Å². The Labute approximate surface area is 242 Å². The van der Waals surface area contributed by atoms with Gasteiger partial charge in [-0.15, -0.1) is 0 Å². The summed E-state index contributed by atoms with van der Waals surface area (Å²) in [5.41, 5.74) is 5.28. The lowest BCUT2D eigenvalue weighted by Gasteiger charge is -2.52. The SMILES string of the molecule is CCc1cccc(C/C=C\c2ccc(O)c3c2C[C@@H]2C[C@@H]4[C@@H](N(C)C)C(=O)C(C(N)=O)C(=O)[C@]4(O)C(=O)C2C3=O)c1O. The maximum absolute atomic E-state index is 13.9. The van der Waals surface area contributed by atoms with Crippen LogP contribution in [0.25, 0.3) is 6.08 Å². The molecule has 2 fully saturated rings. The van der Waals surface area contributed by atoms with Gasteiger partial charge in [-0.25, -0.2) is 0 Å². The van der Waals surface area contributed by atoms with Crippen LogP contribution >= 0.6 is 0 Å². The lowest BCUT2D eigenvalue weighted by molar-refractivity contribution is -0.181. The molecule has 2 aromatic carbocycles. The smallest absolute Gasteiger partial charge is 0.235 e. The molecule has 2 aromatic rings. The van der Waals surface area contributed by atoms with Crippen LogP contribution in [0.5, 0.6) is 11.5 Å². The van der Waals surface area contributed by atoms with Gasteiger partial charge in [0.2, 0.25) is 5.91 Å². The van der Waals surface area contributed by atoms with Crippen molar-refractivity contribution in [1.29, 1.82) is 0 Å². The number of benzene rings is 2. The number of hydrogen-bond acceptors (Lipinski definition) is 9. The summed E-state index contributed by atoms with van der Waals surface area (Å²) in [6.45, 7) is 1.95. The van der Waals surface area contributed by atoms with E-state index in [-0.39, 0.29) is 29.9 Å². The normalized spacial score (nSPS) is 29.0. The molecule has 0 heterocycles. The number of ketones is 4. The lowest BCUT2D eigenvalue weighted by Crippen LogP contribution is -2.74. The van der Waals surface area contributed by atoms with Crippen molar-refractivity contribution < 1.29 is 39.3 Å². The van der Waals surface area contributed by atoms with Crippen molar-refractivity contribution in [3.8, 4) is 11.5 Å². The number of nitrogens with zero attached hydrogens (tertiary/aromatic N) is 1. The monoisotopic (exact) mass is 574 g/mol. The number of carbonyl (C=O) groups is 5. The fourth-order valence-corrected chi connectivity index (χ4v) is 7.19. The molecular formula is C32H34N2O8. The predicted octanol–water partition coefficient (Wildman–Crippen LogP) is 1.39. The van der Waals surface area contributed by atoms with Crippen LogP contribution < -0.4 is 5.73 Å². The second-order valence-electron chi connectivity index (χ2n) is 11.7. The van der Waals surface area contributed by atoms with E-state index in [9.17, 15) is 39.3 Å². The van der Waals surface area contributed by atoms with E-state index in [1.54, 1.807) is 26.2 Å². The van der Waals surface area contributed by atoms with Crippen LogP contribution in [-0.4, -0.2) is 75.0 Å². The Morgan fingerprint density at radius 3 is 2.40 bits per heavy atom. The first kappa shape index (κ1) is 29.3. The average molecular weight is 575 g/mol. The molecule has 10 heteroatoms. The fraction of sp³-hybridized carbons (Fsp3) is 0.406. The third kappa shape index (κ3) is 4.28. The topological polar surface area (TPSA) is 175 Å².